The predicted molar refractivity (Wildman–Crippen MR) is 59.4 cm³/mol. The van der Waals surface area contributed by atoms with Crippen molar-refractivity contribution in [3.8, 4) is 11.5 Å². The fourth-order valence-electron chi connectivity index (χ4n) is 0.988. The Hall–Kier alpha value is -1.97. The van der Waals surface area contributed by atoms with Gasteiger partial charge in [0.2, 0.25) is 0 Å². The summed E-state index contributed by atoms with van der Waals surface area (Å²) in [6.07, 6.45) is 0. The number of phenols is 1. The molecule has 1 rings (SSSR count). The maximum Gasteiger partial charge on any atom is 0.333 e. The summed E-state index contributed by atoms with van der Waals surface area (Å²) < 4.78 is 10.0. The maximum atomic E-state index is 11.0. The van der Waals surface area contributed by atoms with Crippen LogP contribution in [0, 0.1) is 0 Å². The maximum absolute atomic E-state index is 11.0. The molecule has 0 aliphatic carbocycles. The lowest BCUT2D eigenvalue weighted by molar-refractivity contribution is -0.139. The lowest BCUT2D eigenvalue weighted by Gasteiger charge is -2.08. The van der Waals surface area contributed by atoms with Crippen molar-refractivity contribution in [1.82, 2.24) is 0 Å². The van der Waals surface area contributed by atoms with E-state index in [2.05, 4.69) is 6.58 Å². The van der Waals surface area contributed by atoms with Gasteiger partial charge in [-0.3, -0.25) is 0 Å². The predicted octanol–water partition coefficient (Wildman–Crippen LogP) is 1.89. The van der Waals surface area contributed by atoms with Crippen LogP contribution in [0.2, 0.25) is 0 Å². The van der Waals surface area contributed by atoms with Gasteiger partial charge in [0, 0.05) is 5.57 Å². The van der Waals surface area contributed by atoms with E-state index >= 15 is 0 Å². The first-order valence-electron chi connectivity index (χ1n) is 4.84. The minimum atomic E-state index is -0.444. The van der Waals surface area contributed by atoms with Crippen LogP contribution in [0.15, 0.2) is 36.4 Å². The van der Waals surface area contributed by atoms with Crippen LogP contribution in [0.4, 0.5) is 0 Å². The third-order valence-corrected chi connectivity index (χ3v) is 1.79. The molecule has 0 radical (unpaired) electrons. The van der Waals surface area contributed by atoms with Crippen molar-refractivity contribution in [2.45, 2.75) is 6.92 Å². The zero-order valence-corrected chi connectivity index (χ0v) is 9.10. The van der Waals surface area contributed by atoms with Crippen molar-refractivity contribution in [3.05, 3.63) is 36.4 Å². The highest BCUT2D eigenvalue weighted by molar-refractivity contribution is 5.86. The molecule has 1 N–H and O–H groups in total. The second-order valence-corrected chi connectivity index (χ2v) is 3.23. The monoisotopic (exact) mass is 222 g/mol. The molecule has 1 aromatic rings. The van der Waals surface area contributed by atoms with Crippen molar-refractivity contribution >= 4 is 5.97 Å². The average Bonchev–Trinajstić information content (AvgIpc) is 2.26. The molecule has 4 heteroatoms. The van der Waals surface area contributed by atoms with Crippen LogP contribution in [0.1, 0.15) is 6.92 Å². The van der Waals surface area contributed by atoms with Crippen LogP contribution in [-0.4, -0.2) is 24.3 Å². The SMILES string of the molecule is C=C(C)C(=O)OCCOc1ccccc1O. The molecule has 86 valence electrons. The number of aromatic hydroxyl groups is 1. The molecule has 0 saturated heterocycles. The molecule has 0 spiro atoms. The van der Waals surface area contributed by atoms with Gasteiger partial charge in [-0.25, -0.2) is 4.79 Å². The van der Waals surface area contributed by atoms with Crippen LogP contribution in [0.5, 0.6) is 11.5 Å². The zero-order valence-electron chi connectivity index (χ0n) is 9.10. The first-order chi connectivity index (χ1) is 7.61. The minimum Gasteiger partial charge on any atom is -0.504 e. The number of hydrogen-bond acceptors (Lipinski definition) is 4. The fourth-order valence-corrected chi connectivity index (χ4v) is 0.988. The van der Waals surface area contributed by atoms with E-state index in [0.29, 0.717) is 11.3 Å². The Bertz CT molecular complexity index is 384. The van der Waals surface area contributed by atoms with Gasteiger partial charge in [0.05, 0.1) is 0 Å². The van der Waals surface area contributed by atoms with Gasteiger partial charge in [-0.2, -0.15) is 0 Å². The van der Waals surface area contributed by atoms with E-state index in [-0.39, 0.29) is 19.0 Å². The van der Waals surface area contributed by atoms with E-state index in [1.807, 2.05) is 0 Å². The Kier molecular flexibility index (Phi) is 4.39. The summed E-state index contributed by atoms with van der Waals surface area (Å²) in [6.45, 7) is 5.34. The molecule has 16 heavy (non-hydrogen) atoms. The molecule has 0 aromatic heterocycles. The molecule has 0 unspecified atom stereocenters. The van der Waals surface area contributed by atoms with Crippen molar-refractivity contribution < 1.29 is 19.4 Å². The number of hydrogen-bond donors (Lipinski definition) is 1. The Morgan fingerprint density at radius 3 is 2.69 bits per heavy atom. The topological polar surface area (TPSA) is 55.8 Å². The molecule has 0 heterocycles. The van der Waals surface area contributed by atoms with E-state index in [1.54, 1.807) is 25.1 Å². The van der Waals surface area contributed by atoms with E-state index in [1.165, 1.54) is 6.07 Å². The number of para-hydroxylation sites is 2. The zero-order chi connectivity index (χ0) is 12.0. The molecular weight excluding hydrogens is 208 g/mol. The van der Waals surface area contributed by atoms with E-state index in [0.717, 1.165) is 0 Å². The lowest BCUT2D eigenvalue weighted by Crippen LogP contribution is -2.12. The van der Waals surface area contributed by atoms with Crippen molar-refractivity contribution in [3.63, 3.8) is 0 Å². The second-order valence-electron chi connectivity index (χ2n) is 3.23. The highest BCUT2D eigenvalue weighted by Crippen LogP contribution is 2.23. The number of carbonyl (C=O) groups is 1. The number of phenolic OH excluding ortho intramolecular Hbond substituents is 1. The van der Waals surface area contributed by atoms with Gasteiger partial charge in [0.1, 0.15) is 13.2 Å². The summed E-state index contributed by atoms with van der Waals surface area (Å²) in [5.41, 5.74) is 0.350. The minimum absolute atomic E-state index is 0.0636. The van der Waals surface area contributed by atoms with E-state index in [4.69, 9.17) is 9.47 Å². The van der Waals surface area contributed by atoms with Gasteiger partial charge in [-0.1, -0.05) is 18.7 Å². The summed E-state index contributed by atoms with van der Waals surface area (Å²) >= 11 is 0. The molecule has 0 bridgehead atoms. The number of esters is 1. The highest BCUT2D eigenvalue weighted by atomic mass is 16.6. The Balaban J connectivity index is 2.29. The standard InChI is InChI=1S/C12H14O4/c1-9(2)12(14)16-8-7-15-11-6-4-3-5-10(11)13/h3-6,13H,1,7-8H2,2H3. The molecule has 0 fully saturated rings. The van der Waals surface area contributed by atoms with Crippen LogP contribution >= 0.6 is 0 Å². The highest BCUT2D eigenvalue weighted by Gasteiger charge is 2.03. The molecule has 0 aliphatic heterocycles. The summed E-state index contributed by atoms with van der Waals surface area (Å²) in [5.74, 6) is -0.0107. The van der Waals surface area contributed by atoms with Gasteiger partial charge in [-0.15, -0.1) is 0 Å². The second kappa shape index (κ2) is 5.80. The first-order valence-corrected chi connectivity index (χ1v) is 4.84. The largest absolute Gasteiger partial charge is 0.504 e. The average molecular weight is 222 g/mol. The normalized spacial score (nSPS) is 9.56. The Labute approximate surface area is 94.1 Å². The smallest absolute Gasteiger partial charge is 0.333 e. The van der Waals surface area contributed by atoms with Gasteiger partial charge >= 0.3 is 5.97 Å². The Morgan fingerprint density at radius 1 is 1.38 bits per heavy atom. The number of benzene rings is 1. The summed E-state index contributed by atoms with van der Waals surface area (Å²) in [6, 6.07) is 6.60. The molecule has 0 saturated carbocycles. The molecule has 0 atom stereocenters. The number of ether oxygens (including phenoxy) is 2. The van der Waals surface area contributed by atoms with Crippen LogP contribution in [-0.2, 0) is 9.53 Å². The molecule has 4 nitrogen and oxygen atoms in total. The summed E-state index contributed by atoms with van der Waals surface area (Å²) in [7, 11) is 0. The molecule has 0 aliphatic rings. The number of carbonyl (C=O) groups excluding carboxylic acids is 1. The van der Waals surface area contributed by atoms with Crippen molar-refractivity contribution in [2.24, 2.45) is 0 Å². The first kappa shape index (κ1) is 12.1. The van der Waals surface area contributed by atoms with Crippen molar-refractivity contribution in [1.29, 1.82) is 0 Å². The van der Waals surface area contributed by atoms with Gasteiger partial charge in [0.15, 0.2) is 11.5 Å². The molecular formula is C12H14O4. The van der Waals surface area contributed by atoms with Crippen LogP contribution in [0.3, 0.4) is 0 Å². The van der Waals surface area contributed by atoms with E-state index in [9.17, 15) is 9.90 Å². The third kappa shape index (κ3) is 3.65. The third-order valence-electron chi connectivity index (χ3n) is 1.79. The van der Waals surface area contributed by atoms with Crippen LogP contribution in [0.25, 0.3) is 0 Å². The lowest BCUT2D eigenvalue weighted by atomic mass is 10.3. The quantitative estimate of drug-likeness (QED) is 0.469. The fraction of sp³-hybridized carbons (Fsp3) is 0.250. The van der Waals surface area contributed by atoms with Crippen molar-refractivity contribution in [2.75, 3.05) is 13.2 Å². The van der Waals surface area contributed by atoms with Gasteiger partial charge in [0.25, 0.3) is 0 Å². The molecule has 1 aromatic carbocycles. The Morgan fingerprint density at radius 2 is 2.06 bits per heavy atom. The van der Waals surface area contributed by atoms with Crippen LogP contribution < -0.4 is 4.74 Å². The summed E-state index contributed by atoms with van der Waals surface area (Å²) in [4.78, 5) is 11.0. The van der Waals surface area contributed by atoms with Gasteiger partial charge in [-0.05, 0) is 19.1 Å². The summed E-state index contributed by atoms with van der Waals surface area (Å²) in [5, 5.41) is 9.36. The number of rotatable bonds is 5. The molecule has 0 amide bonds. The van der Waals surface area contributed by atoms with E-state index < -0.39 is 5.97 Å². The van der Waals surface area contributed by atoms with Gasteiger partial charge < -0.3 is 14.6 Å².